The molecule has 6 heteroatoms. The fourth-order valence-electron chi connectivity index (χ4n) is 1.45. The molecule has 2 saturated carbocycles. The Hall–Kier alpha value is 1.08. The second kappa shape index (κ2) is 4.64. The molecule has 0 aromatic carbocycles. The van der Waals surface area contributed by atoms with Crippen LogP contribution < -0.4 is 0 Å². The molecule has 0 aromatic rings. The van der Waals surface area contributed by atoms with E-state index in [-0.39, 0.29) is 18.1 Å². The van der Waals surface area contributed by atoms with E-state index in [0.29, 0.717) is 13.2 Å². The first-order valence-electron chi connectivity index (χ1n) is 5.30. The van der Waals surface area contributed by atoms with Crippen LogP contribution in [0.3, 0.4) is 0 Å². The van der Waals surface area contributed by atoms with Crippen molar-refractivity contribution in [3.8, 4) is 0 Å². The minimum absolute atomic E-state index is 0.225. The van der Waals surface area contributed by atoms with Gasteiger partial charge >= 0.3 is 0 Å². The highest BCUT2D eigenvalue weighted by atomic mass is 35.5. The highest BCUT2D eigenvalue weighted by Crippen LogP contribution is 2.54. The van der Waals surface area contributed by atoms with Gasteiger partial charge in [-0.25, -0.2) is 0 Å². The van der Waals surface area contributed by atoms with Gasteiger partial charge in [0.2, 0.25) is 0 Å². The summed E-state index contributed by atoms with van der Waals surface area (Å²) in [5.41, 5.74) is 0. The van der Waals surface area contributed by atoms with Gasteiger partial charge in [0.1, 0.15) is 8.67 Å². The molecule has 16 heavy (non-hydrogen) atoms. The van der Waals surface area contributed by atoms with Gasteiger partial charge in [0.05, 0.1) is 13.2 Å². The van der Waals surface area contributed by atoms with Crippen molar-refractivity contribution >= 4 is 46.4 Å². The highest BCUT2D eigenvalue weighted by molar-refractivity contribution is 6.51. The first-order valence-corrected chi connectivity index (χ1v) is 6.81. The average Bonchev–Trinajstić information content (AvgIpc) is 2.96. The lowest BCUT2D eigenvalue weighted by Gasteiger charge is -2.14. The predicted molar refractivity (Wildman–Crippen MR) is 66.5 cm³/mol. The van der Waals surface area contributed by atoms with Gasteiger partial charge in [0.25, 0.3) is 0 Å². The fourth-order valence-corrected chi connectivity index (χ4v) is 2.45. The third-order valence-corrected chi connectivity index (χ3v) is 4.83. The van der Waals surface area contributed by atoms with E-state index in [4.69, 9.17) is 55.9 Å². The predicted octanol–water partition coefficient (Wildman–Crippen LogP) is 3.75. The summed E-state index contributed by atoms with van der Waals surface area (Å²) < 4.78 is 9.77. The van der Waals surface area contributed by atoms with Crippen LogP contribution in [0.1, 0.15) is 19.8 Å². The number of alkyl halides is 4. The summed E-state index contributed by atoms with van der Waals surface area (Å²) in [6.07, 6.45) is 1.31. The van der Waals surface area contributed by atoms with Crippen molar-refractivity contribution in [3.63, 3.8) is 0 Å². The lowest BCUT2D eigenvalue weighted by molar-refractivity contribution is -0.136. The van der Waals surface area contributed by atoms with Crippen LogP contribution in [0.5, 0.6) is 0 Å². The van der Waals surface area contributed by atoms with Gasteiger partial charge in [-0.2, -0.15) is 0 Å². The van der Waals surface area contributed by atoms with Gasteiger partial charge < -0.3 is 9.47 Å². The Morgan fingerprint density at radius 1 is 1.00 bits per heavy atom. The largest absolute Gasteiger partial charge is 0.353 e. The summed E-state index contributed by atoms with van der Waals surface area (Å²) in [7, 11) is 0. The molecule has 0 heterocycles. The maximum Gasteiger partial charge on any atom is 0.154 e. The monoisotopic (exact) mass is 306 g/mol. The van der Waals surface area contributed by atoms with E-state index in [0.717, 1.165) is 12.8 Å². The molecule has 0 spiro atoms. The summed E-state index contributed by atoms with van der Waals surface area (Å²) in [5, 5.41) is 0. The number of ether oxygens (including phenoxy) is 2. The molecule has 0 bridgehead atoms. The molecular formula is C10H14Cl4O2. The normalized spacial score (nSPS) is 35.8. The zero-order chi connectivity index (χ0) is 12.0. The van der Waals surface area contributed by atoms with Crippen LogP contribution in [-0.2, 0) is 9.47 Å². The molecule has 2 aliphatic rings. The van der Waals surface area contributed by atoms with E-state index in [1.54, 1.807) is 0 Å². The van der Waals surface area contributed by atoms with Crippen LogP contribution in [-0.4, -0.2) is 28.2 Å². The number of halogens is 4. The van der Waals surface area contributed by atoms with Gasteiger partial charge in [-0.1, -0.05) is 0 Å². The minimum atomic E-state index is -0.586. The van der Waals surface area contributed by atoms with E-state index in [2.05, 4.69) is 0 Å². The lowest BCUT2D eigenvalue weighted by Crippen LogP contribution is -2.17. The summed E-state index contributed by atoms with van der Waals surface area (Å²) in [6.45, 7) is 2.91. The van der Waals surface area contributed by atoms with Crippen LogP contribution in [0.2, 0.25) is 0 Å². The van der Waals surface area contributed by atoms with E-state index in [1.165, 1.54) is 0 Å². The van der Waals surface area contributed by atoms with Crippen LogP contribution in [0.4, 0.5) is 0 Å². The number of hydrogen-bond acceptors (Lipinski definition) is 2. The molecular weight excluding hydrogens is 294 g/mol. The molecule has 0 N–H and O–H groups in total. The summed E-state index contributed by atoms with van der Waals surface area (Å²) >= 11 is 23.5. The zero-order valence-electron chi connectivity index (χ0n) is 8.89. The molecule has 2 aliphatic carbocycles. The van der Waals surface area contributed by atoms with Crippen LogP contribution >= 0.6 is 46.4 Å². The summed E-state index contributed by atoms with van der Waals surface area (Å²) in [4.78, 5) is 0. The first-order chi connectivity index (χ1) is 7.31. The quantitative estimate of drug-likeness (QED) is 0.549. The molecule has 0 radical (unpaired) electrons. The SMILES string of the molecule is CC(OC[C@@H]1CC1(Cl)Cl)OC[C@H]1CC1(Cl)Cl. The Morgan fingerprint density at radius 3 is 1.56 bits per heavy atom. The van der Waals surface area contributed by atoms with Crippen molar-refractivity contribution in [3.05, 3.63) is 0 Å². The molecule has 2 rings (SSSR count). The minimum Gasteiger partial charge on any atom is -0.353 e. The molecule has 2 nitrogen and oxygen atoms in total. The van der Waals surface area contributed by atoms with Crippen molar-refractivity contribution in [2.45, 2.75) is 34.7 Å². The van der Waals surface area contributed by atoms with Gasteiger partial charge in [-0.15, -0.1) is 46.4 Å². The van der Waals surface area contributed by atoms with Crippen molar-refractivity contribution < 1.29 is 9.47 Å². The van der Waals surface area contributed by atoms with Crippen LogP contribution in [0.25, 0.3) is 0 Å². The van der Waals surface area contributed by atoms with Crippen LogP contribution in [0, 0.1) is 11.8 Å². The fraction of sp³-hybridized carbons (Fsp3) is 1.00. The standard InChI is InChI=1S/C10H14Cl4O2/c1-6(15-4-7-2-9(7,11)12)16-5-8-3-10(8,13)14/h6-8H,2-5H2,1H3/t6?,7-,8+. The first kappa shape index (κ1) is 13.5. The highest BCUT2D eigenvalue weighted by Gasteiger charge is 2.52. The van der Waals surface area contributed by atoms with E-state index in [9.17, 15) is 0 Å². The zero-order valence-corrected chi connectivity index (χ0v) is 11.9. The third kappa shape index (κ3) is 3.54. The second-order valence-electron chi connectivity index (χ2n) is 4.56. The second-order valence-corrected chi connectivity index (χ2v) is 7.64. The molecule has 1 unspecified atom stereocenters. The van der Waals surface area contributed by atoms with Gasteiger partial charge in [0, 0.05) is 11.8 Å². The number of rotatable bonds is 6. The Balaban J connectivity index is 1.54. The topological polar surface area (TPSA) is 18.5 Å². The maximum atomic E-state index is 5.88. The Labute approximate surface area is 115 Å². The Kier molecular flexibility index (Phi) is 3.92. The van der Waals surface area contributed by atoms with E-state index >= 15 is 0 Å². The summed E-state index contributed by atoms with van der Waals surface area (Å²) in [5.74, 6) is 0.450. The van der Waals surface area contributed by atoms with Crippen molar-refractivity contribution in [2.75, 3.05) is 13.2 Å². The Morgan fingerprint density at radius 2 is 1.31 bits per heavy atom. The lowest BCUT2D eigenvalue weighted by atomic mass is 10.4. The van der Waals surface area contributed by atoms with Gasteiger partial charge in [0.15, 0.2) is 6.29 Å². The third-order valence-electron chi connectivity index (χ3n) is 2.98. The molecule has 94 valence electrons. The number of hydrogen-bond donors (Lipinski definition) is 0. The molecule has 0 saturated heterocycles. The summed E-state index contributed by atoms with van der Waals surface area (Å²) in [6, 6.07) is 0. The average molecular weight is 308 g/mol. The molecule has 0 aliphatic heterocycles. The maximum absolute atomic E-state index is 5.88. The molecule has 0 amide bonds. The van der Waals surface area contributed by atoms with Gasteiger partial charge in [-0.3, -0.25) is 0 Å². The van der Waals surface area contributed by atoms with E-state index < -0.39 is 8.67 Å². The van der Waals surface area contributed by atoms with E-state index in [1.807, 2.05) is 6.92 Å². The van der Waals surface area contributed by atoms with Crippen molar-refractivity contribution in [2.24, 2.45) is 11.8 Å². The van der Waals surface area contributed by atoms with Crippen molar-refractivity contribution in [1.82, 2.24) is 0 Å². The van der Waals surface area contributed by atoms with Gasteiger partial charge in [-0.05, 0) is 19.8 Å². The Bertz CT molecular complexity index is 244. The molecule has 3 atom stereocenters. The van der Waals surface area contributed by atoms with Crippen LogP contribution in [0.15, 0.2) is 0 Å². The molecule has 2 fully saturated rings. The molecule has 0 aromatic heterocycles. The van der Waals surface area contributed by atoms with Crippen molar-refractivity contribution in [1.29, 1.82) is 0 Å². The smallest absolute Gasteiger partial charge is 0.154 e.